The van der Waals surface area contributed by atoms with Crippen LogP contribution in [0.1, 0.15) is 132 Å². The van der Waals surface area contributed by atoms with Gasteiger partial charge in [-0.15, -0.1) is 5.10 Å². The molecular formula is C58H80N2O14. The van der Waals surface area contributed by atoms with Crippen LogP contribution in [0.15, 0.2) is 72.8 Å². The van der Waals surface area contributed by atoms with Crippen molar-refractivity contribution in [1.82, 2.24) is 9.78 Å². The molecule has 0 N–H and O–H groups in total. The summed E-state index contributed by atoms with van der Waals surface area (Å²) in [5, 5.41) is 5.39. The van der Waals surface area contributed by atoms with Crippen LogP contribution in [0.3, 0.4) is 0 Å². The van der Waals surface area contributed by atoms with Gasteiger partial charge >= 0.3 is 29.8 Å². The summed E-state index contributed by atoms with van der Waals surface area (Å²) in [4.78, 5) is 68.7. The lowest BCUT2D eigenvalue weighted by Gasteiger charge is -2.45. The maximum Gasteiger partial charge on any atom is 0.311 e. The largest absolute Gasteiger partial charge is 0.494 e. The van der Waals surface area contributed by atoms with Gasteiger partial charge in [0.15, 0.2) is 12.2 Å². The minimum atomic E-state index is -1.79. The van der Waals surface area contributed by atoms with E-state index in [-0.39, 0.29) is 25.9 Å². The van der Waals surface area contributed by atoms with Crippen LogP contribution in [0.2, 0.25) is 0 Å². The fourth-order valence-electron chi connectivity index (χ4n) is 7.13. The van der Waals surface area contributed by atoms with E-state index >= 15 is 0 Å². The van der Waals surface area contributed by atoms with Gasteiger partial charge in [-0.1, -0.05) is 54.6 Å². The molecule has 406 valence electrons. The SMILES string of the molecule is [2H]CC(C)(C)C(=O)OC[C@H]1OC(Oc2nn(CCOC(=O)C(C)(C)C)c3cccc(CCc4ccc(OCCCOCc5ccccc5)cc4)c23)[C@H](OC(=O)C(C)(C)C[2H])[C@@H](OC(=O)C(C)(C)C[2H])[C@@H]1OC(=O)C(C)(C)C[2H]. The summed E-state index contributed by atoms with van der Waals surface area (Å²) in [6, 6.07) is 23.3. The Balaban J connectivity index is 1.57. The van der Waals surface area contributed by atoms with E-state index in [1.54, 1.807) is 25.5 Å². The van der Waals surface area contributed by atoms with E-state index in [4.69, 9.17) is 53.2 Å². The molecule has 5 atom stereocenters. The van der Waals surface area contributed by atoms with Crippen LogP contribution in [0.4, 0.5) is 0 Å². The highest BCUT2D eigenvalue weighted by atomic mass is 16.7. The van der Waals surface area contributed by atoms with Crippen LogP contribution in [0.25, 0.3) is 10.9 Å². The minimum absolute atomic E-state index is 0.0431. The maximum atomic E-state index is 14.2. The third-order valence-electron chi connectivity index (χ3n) is 11.5. The Morgan fingerprint density at radius 3 is 1.78 bits per heavy atom. The van der Waals surface area contributed by atoms with E-state index in [1.807, 2.05) is 72.8 Å². The lowest BCUT2D eigenvalue weighted by atomic mass is 9.93. The molecule has 0 spiro atoms. The zero-order chi connectivity index (χ0) is 57.6. The molecule has 1 aromatic heterocycles. The molecule has 1 aliphatic heterocycles. The topological polar surface area (TPSA) is 186 Å². The van der Waals surface area contributed by atoms with E-state index in [1.165, 1.54) is 55.4 Å². The molecule has 4 aromatic rings. The standard InChI is InChI=1S/C58H80N2O14/c1-54(2,3)49(61)68-34-31-60-41-24-19-23-39(28-25-37-26-29-40(30-27-37)67-33-20-32-66-35-38-21-17-16-18-22-38)43(41)47(59-60)74-48-46(73-53(65)58(13,14)15)45(72-52(64)57(10,11)12)44(71-51(63)56(7,8)9)42(70-48)36-69-50(62)55(4,5)6/h16-19,21-24,26-27,29-30,42,44-46,48H,20,25,28,31-36H2,1-15H3/t42-,44-,45+,46-,48?/m1/s1/i4D,7D,10D,13D. The van der Waals surface area contributed by atoms with Crippen molar-refractivity contribution in [3.05, 3.63) is 89.5 Å². The summed E-state index contributed by atoms with van der Waals surface area (Å²) >= 11 is 0. The van der Waals surface area contributed by atoms with Crippen LogP contribution < -0.4 is 9.47 Å². The fraction of sp³-hybridized carbons (Fsp3) is 0.586. The lowest BCUT2D eigenvalue weighted by Crippen LogP contribution is -2.65. The van der Waals surface area contributed by atoms with Crippen molar-refractivity contribution in [3.8, 4) is 11.6 Å². The summed E-state index contributed by atoms with van der Waals surface area (Å²) < 4.78 is 89.3. The molecule has 1 unspecified atom stereocenters. The molecule has 0 radical (unpaired) electrons. The van der Waals surface area contributed by atoms with Gasteiger partial charge in [0.25, 0.3) is 0 Å². The zero-order valence-electron chi connectivity index (χ0n) is 49.1. The molecule has 5 rings (SSSR count). The number of fused-ring (bicyclic) bond motifs is 1. The Hall–Kier alpha value is -6.00. The molecule has 1 saturated heterocycles. The first-order chi connectivity index (χ1) is 36.7. The van der Waals surface area contributed by atoms with Crippen molar-refractivity contribution >= 4 is 40.7 Å². The molecule has 1 fully saturated rings. The van der Waals surface area contributed by atoms with Gasteiger partial charge in [0.2, 0.25) is 18.3 Å². The first-order valence-corrected chi connectivity index (χ1v) is 25.0. The van der Waals surface area contributed by atoms with Gasteiger partial charge in [-0.2, -0.15) is 0 Å². The molecule has 2 heterocycles. The van der Waals surface area contributed by atoms with Crippen LogP contribution in [0, 0.1) is 27.1 Å². The Morgan fingerprint density at radius 1 is 0.595 bits per heavy atom. The molecular weight excluding hydrogens is 949 g/mol. The maximum absolute atomic E-state index is 14.2. The van der Waals surface area contributed by atoms with Crippen LogP contribution in [-0.2, 0) is 83.1 Å². The number of benzene rings is 3. The molecule has 0 amide bonds. The first kappa shape index (κ1) is 52.8. The number of ether oxygens (including phenoxy) is 9. The number of rotatable bonds is 20. The first-order valence-electron chi connectivity index (χ1n) is 27.8. The van der Waals surface area contributed by atoms with E-state index in [2.05, 4.69) is 0 Å². The number of aromatic nitrogens is 2. The third kappa shape index (κ3) is 16.8. The molecule has 16 heteroatoms. The molecule has 0 bridgehead atoms. The molecule has 74 heavy (non-hydrogen) atoms. The van der Waals surface area contributed by atoms with Gasteiger partial charge in [-0.25, -0.2) is 0 Å². The summed E-state index contributed by atoms with van der Waals surface area (Å²) in [7, 11) is 0. The van der Waals surface area contributed by atoms with Crippen LogP contribution in [0.5, 0.6) is 11.6 Å². The molecule has 0 aliphatic carbocycles. The average Bonchev–Trinajstić information content (AvgIpc) is 3.87. The summed E-state index contributed by atoms with van der Waals surface area (Å²) in [6.45, 7) is 16.4. The zero-order valence-corrected chi connectivity index (χ0v) is 45.1. The van der Waals surface area contributed by atoms with Crippen LogP contribution >= 0.6 is 0 Å². The van der Waals surface area contributed by atoms with E-state index in [9.17, 15) is 24.0 Å². The molecule has 0 saturated carbocycles. The number of hydrogen-bond acceptors (Lipinski definition) is 15. The quantitative estimate of drug-likeness (QED) is 0.0462. The van der Waals surface area contributed by atoms with E-state index in [0.717, 1.165) is 16.7 Å². The van der Waals surface area contributed by atoms with Crippen LogP contribution in [-0.4, -0.2) is 96.8 Å². The van der Waals surface area contributed by atoms with Gasteiger partial charge in [0, 0.05) is 11.9 Å². The molecule has 3 aromatic carbocycles. The van der Waals surface area contributed by atoms with Crippen molar-refractivity contribution in [2.75, 3.05) is 26.4 Å². The number of esters is 5. The third-order valence-corrected chi connectivity index (χ3v) is 11.5. The second kappa shape index (κ2) is 24.6. The summed E-state index contributed by atoms with van der Waals surface area (Å²) in [5.41, 5.74) is -2.95. The number of carbonyl (C=O) groups is 5. The Kier molecular flexibility index (Phi) is 17.5. The van der Waals surface area contributed by atoms with Gasteiger partial charge in [0.1, 0.15) is 25.1 Å². The van der Waals surface area contributed by atoms with Crippen molar-refractivity contribution in [1.29, 1.82) is 0 Å². The summed E-state index contributed by atoms with van der Waals surface area (Å²) in [5.74, 6) is -3.35. The Morgan fingerprint density at radius 2 is 1.18 bits per heavy atom. The monoisotopic (exact) mass is 1030 g/mol. The number of hydrogen-bond donors (Lipinski definition) is 0. The van der Waals surface area contributed by atoms with Crippen molar-refractivity contribution in [2.24, 2.45) is 27.1 Å². The molecule has 16 nitrogen and oxygen atoms in total. The van der Waals surface area contributed by atoms with E-state index < -0.39 is 115 Å². The highest BCUT2D eigenvalue weighted by Gasteiger charge is 2.56. The second-order valence-corrected chi connectivity index (χ2v) is 22.5. The predicted molar refractivity (Wildman–Crippen MR) is 278 cm³/mol. The normalized spacial score (nSPS) is 19.3. The number of nitrogens with zero attached hydrogens (tertiary/aromatic N) is 2. The van der Waals surface area contributed by atoms with Gasteiger partial charge < -0.3 is 42.6 Å². The average molecular weight is 1030 g/mol. The summed E-state index contributed by atoms with van der Waals surface area (Å²) in [6.07, 6.45) is -6.85. The van der Waals surface area contributed by atoms with Gasteiger partial charge in [0.05, 0.1) is 64.3 Å². The van der Waals surface area contributed by atoms with Crippen molar-refractivity contribution < 1.29 is 72.1 Å². The minimum Gasteiger partial charge on any atom is -0.494 e. The number of aryl methyl sites for hydroxylation is 2. The Bertz CT molecular complexity index is 2630. The van der Waals surface area contributed by atoms with Crippen molar-refractivity contribution in [3.63, 3.8) is 0 Å². The van der Waals surface area contributed by atoms with Gasteiger partial charge in [-0.3, -0.25) is 28.7 Å². The second-order valence-electron chi connectivity index (χ2n) is 22.5. The van der Waals surface area contributed by atoms with E-state index in [0.29, 0.717) is 55.7 Å². The van der Waals surface area contributed by atoms with Gasteiger partial charge in [-0.05, 0) is 151 Å². The smallest absolute Gasteiger partial charge is 0.311 e. The lowest BCUT2D eigenvalue weighted by molar-refractivity contribution is -0.294. The van der Waals surface area contributed by atoms with Crippen molar-refractivity contribution in [2.45, 2.75) is 167 Å². The highest BCUT2D eigenvalue weighted by molar-refractivity contribution is 5.88. The Labute approximate surface area is 443 Å². The predicted octanol–water partition coefficient (Wildman–Crippen LogP) is 9.96. The fourth-order valence-corrected chi connectivity index (χ4v) is 7.13. The molecule has 1 aliphatic rings. The highest BCUT2D eigenvalue weighted by Crippen LogP contribution is 2.38. The number of carbonyl (C=O) groups excluding carboxylic acids is 5.